The highest BCUT2D eigenvalue weighted by atomic mass is 16.5. The van der Waals surface area contributed by atoms with Gasteiger partial charge in [-0.15, -0.1) is 0 Å². The van der Waals surface area contributed by atoms with Crippen LogP contribution in [-0.4, -0.2) is 40.6 Å². The maximum atomic E-state index is 12.5. The number of hydrogen-bond donors (Lipinski definition) is 1. The number of aromatic nitrogens is 2. The van der Waals surface area contributed by atoms with Gasteiger partial charge in [0.2, 0.25) is 0 Å². The van der Waals surface area contributed by atoms with Gasteiger partial charge in [-0.1, -0.05) is 13.3 Å². The van der Waals surface area contributed by atoms with Gasteiger partial charge >= 0.3 is 0 Å². The van der Waals surface area contributed by atoms with Gasteiger partial charge in [0.1, 0.15) is 11.6 Å². The minimum absolute atomic E-state index is 0.142. The molecule has 1 N–H and O–H groups in total. The van der Waals surface area contributed by atoms with Gasteiger partial charge in [-0.2, -0.15) is 0 Å². The van der Waals surface area contributed by atoms with Gasteiger partial charge in [0.05, 0.1) is 24.7 Å². The monoisotopic (exact) mass is 378 g/mol. The number of hydrogen-bond acceptors (Lipinski definition) is 4. The summed E-state index contributed by atoms with van der Waals surface area (Å²) in [6, 6.07) is 13.0. The number of anilines is 1. The van der Waals surface area contributed by atoms with Crippen LogP contribution in [0.3, 0.4) is 0 Å². The lowest BCUT2D eigenvalue weighted by atomic mass is 10.2. The predicted molar refractivity (Wildman–Crippen MR) is 111 cm³/mol. The van der Waals surface area contributed by atoms with E-state index in [-0.39, 0.29) is 5.91 Å². The van der Waals surface area contributed by atoms with Crippen molar-refractivity contribution in [3.05, 3.63) is 53.9 Å². The molecule has 0 spiro atoms. The van der Waals surface area contributed by atoms with Crippen LogP contribution in [0.5, 0.6) is 5.75 Å². The van der Waals surface area contributed by atoms with Crippen LogP contribution >= 0.6 is 0 Å². The van der Waals surface area contributed by atoms with Gasteiger partial charge in [0.15, 0.2) is 0 Å². The highest BCUT2D eigenvalue weighted by Gasteiger charge is 2.20. The van der Waals surface area contributed by atoms with Crippen molar-refractivity contribution < 1.29 is 9.53 Å². The molecular weight excluding hydrogens is 352 g/mol. The molecule has 3 aromatic rings. The van der Waals surface area contributed by atoms with Crippen LogP contribution in [0, 0.1) is 0 Å². The second-order valence-electron chi connectivity index (χ2n) is 7.20. The molecule has 0 saturated heterocycles. The summed E-state index contributed by atoms with van der Waals surface area (Å²) in [6.07, 6.45) is 2.44. The van der Waals surface area contributed by atoms with Crippen LogP contribution < -0.4 is 10.1 Å². The molecule has 2 heterocycles. The molecule has 0 bridgehead atoms. The number of rotatable bonds is 6. The molecule has 0 saturated carbocycles. The van der Waals surface area contributed by atoms with Gasteiger partial charge in [-0.25, -0.2) is 4.98 Å². The number of carbonyl (C=O) groups excluding carboxylic acids is 1. The van der Waals surface area contributed by atoms with E-state index in [0.717, 1.165) is 54.5 Å². The largest absolute Gasteiger partial charge is 0.497 e. The third-order valence-electron chi connectivity index (χ3n) is 5.27. The first-order valence-electron chi connectivity index (χ1n) is 9.85. The number of amides is 1. The van der Waals surface area contributed by atoms with E-state index in [1.165, 1.54) is 12.8 Å². The number of fused-ring (bicyclic) bond motifs is 3. The Balaban J connectivity index is 1.51. The van der Waals surface area contributed by atoms with Crippen molar-refractivity contribution >= 4 is 22.6 Å². The van der Waals surface area contributed by atoms with Crippen molar-refractivity contribution in [3.8, 4) is 5.75 Å². The summed E-state index contributed by atoms with van der Waals surface area (Å²) in [5, 5.41) is 2.97. The van der Waals surface area contributed by atoms with Gasteiger partial charge in [-0.3, -0.25) is 9.69 Å². The summed E-state index contributed by atoms with van der Waals surface area (Å²) in [6.45, 7) is 6.27. The zero-order valence-corrected chi connectivity index (χ0v) is 16.4. The number of nitrogens with zero attached hydrogens (tertiary/aromatic N) is 3. The minimum Gasteiger partial charge on any atom is -0.497 e. The lowest BCUT2D eigenvalue weighted by Gasteiger charge is -2.27. The molecule has 0 fully saturated rings. The number of carbonyl (C=O) groups is 1. The fourth-order valence-corrected chi connectivity index (χ4v) is 3.67. The first-order valence-corrected chi connectivity index (χ1v) is 9.85. The molecule has 1 aliphatic heterocycles. The molecule has 0 atom stereocenters. The van der Waals surface area contributed by atoms with E-state index in [0.29, 0.717) is 5.56 Å². The van der Waals surface area contributed by atoms with Crippen LogP contribution in [0.25, 0.3) is 11.0 Å². The van der Waals surface area contributed by atoms with Crippen LogP contribution in [0.1, 0.15) is 35.9 Å². The molecule has 28 heavy (non-hydrogen) atoms. The standard InChI is InChI=1S/C22H26N4O2/c1-3-4-11-25-12-13-26-20-10-7-17(14-19(20)24-21(26)15-25)23-22(27)16-5-8-18(28-2)9-6-16/h5-10,14H,3-4,11-13,15H2,1-2H3,(H,23,27). The summed E-state index contributed by atoms with van der Waals surface area (Å²) in [7, 11) is 1.61. The Morgan fingerprint density at radius 3 is 2.75 bits per heavy atom. The molecule has 1 amide bonds. The molecule has 2 aromatic carbocycles. The first kappa shape index (κ1) is 18.5. The van der Waals surface area contributed by atoms with E-state index < -0.39 is 0 Å². The van der Waals surface area contributed by atoms with Gasteiger partial charge in [-0.05, 0) is 55.4 Å². The topological polar surface area (TPSA) is 59.4 Å². The number of benzene rings is 2. The quantitative estimate of drug-likeness (QED) is 0.706. The number of unbranched alkanes of at least 4 members (excludes halogenated alkanes) is 1. The van der Waals surface area contributed by atoms with Crippen molar-refractivity contribution in [1.29, 1.82) is 0 Å². The Morgan fingerprint density at radius 1 is 1.18 bits per heavy atom. The maximum Gasteiger partial charge on any atom is 0.255 e. The Morgan fingerprint density at radius 2 is 2.00 bits per heavy atom. The molecule has 146 valence electrons. The Labute approximate surface area is 165 Å². The summed E-state index contributed by atoms with van der Waals surface area (Å²) in [4.78, 5) is 19.8. The summed E-state index contributed by atoms with van der Waals surface area (Å²) in [5.41, 5.74) is 3.41. The van der Waals surface area contributed by atoms with Crippen LogP contribution in [0.15, 0.2) is 42.5 Å². The second kappa shape index (κ2) is 8.02. The molecule has 0 unspecified atom stereocenters. The average Bonchev–Trinajstić information content (AvgIpc) is 3.09. The van der Waals surface area contributed by atoms with E-state index in [9.17, 15) is 4.79 Å². The zero-order chi connectivity index (χ0) is 19.5. The van der Waals surface area contributed by atoms with Crippen molar-refractivity contribution in [2.75, 3.05) is 25.5 Å². The Bertz CT molecular complexity index is 978. The molecular formula is C22H26N4O2. The lowest BCUT2D eigenvalue weighted by Crippen LogP contribution is -2.34. The summed E-state index contributed by atoms with van der Waals surface area (Å²) in [5.74, 6) is 1.70. The lowest BCUT2D eigenvalue weighted by molar-refractivity contribution is 0.102. The second-order valence-corrected chi connectivity index (χ2v) is 7.20. The number of nitrogens with one attached hydrogen (secondary N) is 1. The normalized spacial score (nSPS) is 14.1. The van der Waals surface area contributed by atoms with E-state index in [1.807, 2.05) is 12.1 Å². The average molecular weight is 378 g/mol. The molecule has 0 aliphatic carbocycles. The molecule has 6 heteroatoms. The first-order chi connectivity index (χ1) is 13.7. The number of methoxy groups -OCH3 is 1. The van der Waals surface area contributed by atoms with Crippen LogP contribution in [0.2, 0.25) is 0 Å². The van der Waals surface area contributed by atoms with Crippen molar-refractivity contribution in [1.82, 2.24) is 14.5 Å². The molecule has 1 aliphatic rings. The van der Waals surface area contributed by atoms with E-state index in [4.69, 9.17) is 9.72 Å². The van der Waals surface area contributed by atoms with Crippen molar-refractivity contribution in [2.24, 2.45) is 0 Å². The number of imidazole rings is 1. The predicted octanol–water partition coefficient (Wildman–Crippen LogP) is 3.91. The smallest absolute Gasteiger partial charge is 0.255 e. The Kier molecular flexibility index (Phi) is 5.30. The third kappa shape index (κ3) is 3.73. The zero-order valence-electron chi connectivity index (χ0n) is 16.4. The summed E-state index contributed by atoms with van der Waals surface area (Å²) >= 11 is 0. The van der Waals surface area contributed by atoms with Gasteiger partial charge in [0.25, 0.3) is 5.91 Å². The number of ether oxygens (including phenoxy) is 1. The van der Waals surface area contributed by atoms with Crippen molar-refractivity contribution in [2.45, 2.75) is 32.9 Å². The minimum atomic E-state index is -0.142. The fraction of sp³-hybridized carbons (Fsp3) is 0.364. The summed E-state index contributed by atoms with van der Waals surface area (Å²) < 4.78 is 7.44. The third-order valence-corrected chi connectivity index (χ3v) is 5.27. The molecule has 4 rings (SSSR count). The van der Waals surface area contributed by atoms with Crippen molar-refractivity contribution in [3.63, 3.8) is 0 Å². The van der Waals surface area contributed by atoms with E-state index in [2.05, 4.69) is 27.8 Å². The highest BCUT2D eigenvalue weighted by Crippen LogP contribution is 2.24. The van der Waals surface area contributed by atoms with E-state index in [1.54, 1.807) is 31.4 Å². The molecule has 0 radical (unpaired) electrons. The molecule has 6 nitrogen and oxygen atoms in total. The van der Waals surface area contributed by atoms with Gasteiger partial charge in [0, 0.05) is 24.3 Å². The Hall–Kier alpha value is -2.86. The highest BCUT2D eigenvalue weighted by molar-refractivity contribution is 6.05. The fourth-order valence-electron chi connectivity index (χ4n) is 3.67. The van der Waals surface area contributed by atoms with E-state index >= 15 is 0 Å². The molecule has 1 aromatic heterocycles. The van der Waals surface area contributed by atoms with Gasteiger partial charge < -0.3 is 14.6 Å². The maximum absolute atomic E-state index is 12.5. The SMILES string of the molecule is CCCCN1CCn2c(nc3cc(NC(=O)c4ccc(OC)cc4)ccc32)C1. The van der Waals surface area contributed by atoms with Crippen LogP contribution in [0.4, 0.5) is 5.69 Å². The van der Waals surface area contributed by atoms with Crippen LogP contribution in [-0.2, 0) is 13.1 Å².